The van der Waals surface area contributed by atoms with Crippen LogP contribution in [0.4, 0.5) is 5.69 Å². The number of carbonyl (C=O) groups is 1. The first-order chi connectivity index (χ1) is 7.65. The summed E-state index contributed by atoms with van der Waals surface area (Å²) >= 11 is 0. The number of benzene rings is 1. The topological polar surface area (TPSA) is 52.9 Å². The summed E-state index contributed by atoms with van der Waals surface area (Å²) in [5.74, 6) is -0.803. The van der Waals surface area contributed by atoms with Crippen molar-refractivity contribution in [2.45, 2.75) is 19.8 Å². The van der Waals surface area contributed by atoms with Gasteiger partial charge in [-0.15, -0.1) is 0 Å². The molecular formula is C12H14N2O2. The fourth-order valence-electron chi connectivity index (χ4n) is 1.72. The van der Waals surface area contributed by atoms with Crippen molar-refractivity contribution in [2.24, 2.45) is 5.10 Å². The molecule has 0 aliphatic carbocycles. The first kappa shape index (κ1) is 10.7. The summed E-state index contributed by atoms with van der Waals surface area (Å²) in [7, 11) is 0. The van der Waals surface area contributed by atoms with E-state index < -0.39 is 5.97 Å². The monoisotopic (exact) mass is 218 g/mol. The van der Waals surface area contributed by atoms with Crippen LogP contribution in [0.2, 0.25) is 0 Å². The molecule has 0 bridgehead atoms. The average molecular weight is 218 g/mol. The minimum absolute atomic E-state index is 0.0720. The minimum Gasteiger partial charge on any atom is -0.481 e. The van der Waals surface area contributed by atoms with Crippen molar-refractivity contribution in [2.75, 3.05) is 11.6 Å². The van der Waals surface area contributed by atoms with Crippen LogP contribution in [-0.4, -0.2) is 23.3 Å². The Morgan fingerprint density at radius 2 is 2.12 bits per heavy atom. The zero-order valence-electron chi connectivity index (χ0n) is 9.18. The highest BCUT2D eigenvalue weighted by molar-refractivity contribution is 5.85. The van der Waals surface area contributed by atoms with Crippen molar-refractivity contribution in [3.05, 3.63) is 29.8 Å². The van der Waals surface area contributed by atoms with Crippen LogP contribution in [-0.2, 0) is 11.2 Å². The Bertz CT molecular complexity index is 423. The SMILES string of the molecule is CC1=NN(c2ccc(CC(=O)O)cc2)CC1. The van der Waals surface area contributed by atoms with Gasteiger partial charge in [0.25, 0.3) is 0 Å². The predicted molar refractivity (Wildman–Crippen MR) is 62.9 cm³/mol. The number of hydrazone groups is 1. The molecule has 0 spiro atoms. The number of rotatable bonds is 3. The molecule has 2 rings (SSSR count). The Balaban J connectivity index is 2.10. The van der Waals surface area contributed by atoms with Gasteiger partial charge in [0.2, 0.25) is 0 Å². The molecule has 4 heteroatoms. The van der Waals surface area contributed by atoms with E-state index in [-0.39, 0.29) is 6.42 Å². The second-order valence-electron chi connectivity index (χ2n) is 3.95. The standard InChI is InChI=1S/C12H14N2O2/c1-9-6-7-14(13-9)11-4-2-10(3-5-11)8-12(15)16/h2-5H,6-8H2,1H3,(H,15,16). The van der Waals surface area contributed by atoms with Gasteiger partial charge < -0.3 is 5.11 Å². The third-order valence-electron chi connectivity index (χ3n) is 2.57. The van der Waals surface area contributed by atoms with E-state index in [1.165, 1.54) is 0 Å². The van der Waals surface area contributed by atoms with Gasteiger partial charge in [0.1, 0.15) is 0 Å². The normalized spacial score (nSPS) is 15.1. The van der Waals surface area contributed by atoms with E-state index in [1.54, 1.807) is 0 Å². The van der Waals surface area contributed by atoms with Crippen molar-refractivity contribution in [3.8, 4) is 0 Å². The van der Waals surface area contributed by atoms with Crippen LogP contribution in [0.5, 0.6) is 0 Å². The maximum atomic E-state index is 10.5. The maximum absolute atomic E-state index is 10.5. The van der Waals surface area contributed by atoms with E-state index in [9.17, 15) is 4.79 Å². The van der Waals surface area contributed by atoms with Gasteiger partial charge in [0.15, 0.2) is 0 Å². The van der Waals surface area contributed by atoms with Gasteiger partial charge in [-0.3, -0.25) is 9.80 Å². The van der Waals surface area contributed by atoms with Gasteiger partial charge in [-0.1, -0.05) is 12.1 Å². The zero-order chi connectivity index (χ0) is 11.5. The molecule has 0 amide bonds. The second kappa shape index (κ2) is 4.35. The fraction of sp³-hybridized carbons (Fsp3) is 0.333. The minimum atomic E-state index is -0.803. The molecule has 0 aromatic heterocycles. The summed E-state index contributed by atoms with van der Waals surface area (Å²) in [4.78, 5) is 10.5. The number of anilines is 1. The molecule has 0 saturated carbocycles. The summed E-state index contributed by atoms with van der Waals surface area (Å²) in [6.45, 7) is 2.92. The quantitative estimate of drug-likeness (QED) is 0.843. The molecule has 0 radical (unpaired) electrons. The zero-order valence-corrected chi connectivity index (χ0v) is 9.18. The van der Waals surface area contributed by atoms with E-state index in [4.69, 9.17) is 5.11 Å². The number of hydrogen-bond donors (Lipinski definition) is 1. The number of hydrogen-bond acceptors (Lipinski definition) is 3. The second-order valence-corrected chi connectivity index (χ2v) is 3.95. The van der Waals surface area contributed by atoms with Crippen molar-refractivity contribution in [3.63, 3.8) is 0 Å². The average Bonchev–Trinajstić information content (AvgIpc) is 2.65. The van der Waals surface area contributed by atoms with Crippen molar-refractivity contribution < 1.29 is 9.90 Å². The van der Waals surface area contributed by atoms with Gasteiger partial charge in [0.05, 0.1) is 12.1 Å². The lowest BCUT2D eigenvalue weighted by molar-refractivity contribution is -0.136. The molecular weight excluding hydrogens is 204 g/mol. The number of carboxylic acid groups (broad SMARTS) is 1. The molecule has 1 aromatic rings. The number of aliphatic carboxylic acids is 1. The molecule has 0 unspecified atom stereocenters. The summed E-state index contributed by atoms with van der Waals surface area (Å²) in [5.41, 5.74) is 2.97. The van der Waals surface area contributed by atoms with Gasteiger partial charge in [0, 0.05) is 18.7 Å². The summed E-state index contributed by atoms with van der Waals surface area (Å²) < 4.78 is 0. The van der Waals surface area contributed by atoms with Crippen LogP contribution < -0.4 is 5.01 Å². The van der Waals surface area contributed by atoms with E-state index in [1.807, 2.05) is 36.2 Å². The van der Waals surface area contributed by atoms with Gasteiger partial charge in [-0.05, 0) is 24.6 Å². The van der Waals surface area contributed by atoms with Crippen LogP contribution in [0.15, 0.2) is 29.4 Å². The molecule has 1 aliphatic heterocycles. The highest BCUT2D eigenvalue weighted by Crippen LogP contribution is 2.19. The largest absolute Gasteiger partial charge is 0.481 e. The van der Waals surface area contributed by atoms with Gasteiger partial charge in [-0.25, -0.2) is 0 Å². The predicted octanol–water partition coefficient (Wildman–Crippen LogP) is 1.90. The molecule has 1 aliphatic rings. The van der Waals surface area contributed by atoms with Crippen LogP contribution in [0.1, 0.15) is 18.9 Å². The van der Waals surface area contributed by atoms with Crippen molar-refractivity contribution in [1.29, 1.82) is 0 Å². The molecule has 0 fully saturated rings. The maximum Gasteiger partial charge on any atom is 0.307 e. The van der Waals surface area contributed by atoms with Crippen molar-refractivity contribution >= 4 is 17.4 Å². The molecule has 0 atom stereocenters. The fourth-order valence-corrected chi connectivity index (χ4v) is 1.72. The first-order valence-electron chi connectivity index (χ1n) is 5.27. The van der Waals surface area contributed by atoms with E-state index in [2.05, 4.69) is 5.10 Å². The van der Waals surface area contributed by atoms with Crippen LogP contribution in [0.3, 0.4) is 0 Å². The Labute approximate surface area is 94.2 Å². The van der Waals surface area contributed by atoms with Crippen LogP contribution in [0.25, 0.3) is 0 Å². The third-order valence-corrected chi connectivity index (χ3v) is 2.57. The lowest BCUT2D eigenvalue weighted by Gasteiger charge is -2.13. The van der Waals surface area contributed by atoms with Crippen molar-refractivity contribution in [1.82, 2.24) is 0 Å². The highest BCUT2D eigenvalue weighted by atomic mass is 16.4. The van der Waals surface area contributed by atoms with Gasteiger partial charge >= 0.3 is 5.97 Å². The van der Waals surface area contributed by atoms with E-state index in [0.29, 0.717) is 0 Å². The Morgan fingerprint density at radius 3 is 2.62 bits per heavy atom. The smallest absolute Gasteiger partial charge is 0.307 e. The molecule has 1 heterocycles. The van der Waals surface area contributed by atoms with Crippen LogP contribution >= 0.6 is 0 Å². The Kier molecular flexibility index (Phi) is 2.90. The lowest BCUT2D eigenvalue weighted by atomic mass is 10.1. The summed E-state index contributed by atoms with van der Waals surface area (Å²) in [6.07, 6.45) is 1.07. The molecule has 4 nitrogen and oxygen atoms in total. The Hall–Kier alpha value is -1.84. The van der Waals surface area contributed by atoms with Crippen LogP contribution in [0, 0.1) is 0 Å². The molecule has 16 heavy (non-hydrogen) atoms. The molecule has 84 valence electrons. The Morgan fingerprint density at radius 1 is 1.44 bits per heavy atom. The summed E-state index contributed by atoms with van der Waals surface area (Å²) in [6, 6.07) is 7.51. The third kappa shape index (κ3) is 2.39. The first-order valence-corrected chi connectivity index (χ1v) is 5.27. The lowest BCUT2D eigenvalue weighted by Crippen LogP contribution is -2.11. The molecule has 1 N–H and O–H groups in total. The number of nitrogens with zero attached hydrogens (tertiary/aromatic N) is 2. The van der Waals surface area contributed by atoms with E-state index in [0.717, 1.165) is 29.9 Å². The van der Waals surface area contributed by atoms with E-state index >= 15 is 0 Å². The molecule has 1 aromatic carbocycles. The highest BCUT2D eigenvalue weighted by Gasteiger charge is 2.12. The summed E-state index contributed by atoms with van der Waals surface area (Å²) in [5, 5.41) is 15.0. The van der Waals surface area contributed by atoms with Gasteiger partial charge in [-0.2, -0.15) is 5.10 Å². The number of carboxylic acids is 1. The molecule has 0 saturated heterocycles.